The third-order valence-corrected chi connectivity index (χ3v) is 2.93. The van der Waals surface area contributed by atoms with Gasteiger partial charge in [-0.3, -0.25) is 4.79 Å². The molecule has 0 amide bonds. The molecule has 1 unspecified atom stereocenters. The summed E-state index contributed by atoms with van der Waals surface area (Å²) in [5, 5.41) is 9.75. The Balaban J connectivity index is 2.62. The van der Waals surface area contributed by atoms with Gasteiger partial charge in [-0.2, -0.15) is 0 Å². The van der Waals surface area contributed by atoms with Crippen LogP contribution in [0.5, 0.6) is 0 Å². The molecule has 4 nitrogen and oxygen atoms in total. The number of halogens is 1. The molecule has 1 atom stereocenters. The molecule has 0 aromatic carbocycles. The summed E-state index contributed by atoms with van der Waals surface area (Å²) in [6, 6.07) is 3.05. The second-order valence-corrected chi connectivity index (χ2v) is 3.99. The van der Waals surface area contributed by atoms with Crippen LogP contribution in [-0.2, 0) is 11.8 Å². The molecular formula is C12H13FN2O2. The van der Waals surface area contributed by atoms with Gasteiger partial charge in [-0.15, -0.1) is 0 Å². The first-order chi connectivity index (χ1) is 8.04. The lowest BCUT2D eigenvalue weighted by Crippen LogP contribution is -2.13. The summed E-state index contributed by atoms with van der Waals surface area (Å²) in [7, 11) is 1.74. The van der Waals surface area contributed by atoms with Gasteiger partial charge in [0.2, 0.25) is 0 Å². The fraction of sp³-hybridized carbons (Fsp3) is 0.333. The second kappa shape index (κ2) is 4.16. The fourth-order valence-corrected chi connectivity index (χ4v) is 2.06. The van der Waals surface area contributed by atoms with Crippen molar-refractivity contribution in [3.05, 3.63) is 29.8 Å². The van der Waals surface area contributed by atoms with Crippen molar-refractivity contribution < 1.29 is 14.3 Å². The monoisotopic (exact) mass is 236 g/mol. The van der Waals surface area contributed by atoms with E-state index in [4.69, 9.17) is 5.11 Å². The molecule has 2 aromatic heterocycles. The first kappa shape index (κ1) is 11.6. The molecule has 90 valence electrons. The van der Waals surface area contributed by atoms with Crippen molar-refractivity contribution in [1.82, 2.24) is 9.55 Å². The highest BCUT2D eigenvalue weighted by molar-refractivity contribution is 5.82. The number of hydrogen-bond donors (Lipinski definition) is 1. The zero-order valence-electron chi connectivity index (χ0n) is 9.64. The Kier molecular flexibility index (Phi) is 2.83. The van der Waals surface area contributed by atoms with Crippen LogP contribution in [0, 0.1) is 5.82 Å². The number of aryl methyl sites for hydroxylation is 1. The molecule has 0 spiro atoms. The molecule has 0 aliphatic carbocycles. The smallest absolute Gasteiger partial charge is 0.312 e. The molecule has 0 fully saturated rings. The van der Waals surface area contributed by atoms with E-state index in [1.807, 2.05) is 6.92 Å². The molecule has 0 saturated carbocycles. The van der Waals surface area contributed by atoms with Gasteiger partial charge in [0.05, 0.1) is 12.1 Å². The highest BCUT2D eigenvalue weighted by Gasteiger charge is 2.22. The second-order valence-electron chi connectivity index (χ2n) is 3.99. The Morgan fingerprint density at radius 2 is 2.29 bits per heavy atom. The van der Waals surface area contributed by atoms with Crippen molar-refractivity contribution in [3.8, 4) is 0 Å². The van der Waals surface area contributed by atoms with Crippen LogP contribution in [0.25, 0.3) is 11.0 Å². The standard InChI is InChI=1S/C12H13FN2O2/c1-3-9(12(16)17)10-5-7-4-8(13)6-14-11(7)15(10)2/h4-6,9H,3H2,1-2H3,(H,16,17). The van der Waals surface area contributed by atoms with Crippen LogP contribution in [-0.4, -0.2) is 20.6 Å². The van der Waals surface area contributed by atoms with Gasteiger partial charge in [0.15, 0.2) is 0 Å². The third-order valence-electron chi connectivity index (χ3n) is 2.93. The largest absolute Gasteiger partial charge is 0.481 e. The van der Waals surface area contributed by atoms with Crippen LogP contribution < -0.4 is 0 Å². The summed E-state index contributed by atoms with van der Waals surface area (Å²) >= 11 is 0. The minimum Gasteiger partial charge on any atom is -0.481 e. The van der Waals surface area contributed by atoms with Gasteiger partial charge in [0.1, 0.15) is 11.5 Å². The summed E-state index contributed by atoms with van der Waals surface area (Å²) in [4.78, 5) is 15.1. The van der Waals surface area contributed by atoms with E-state index in [0.29, 0.717) is 23.1 Å². The number of carboxylic acids is 1. The lowest BCUT2D eigenvalue weighted by atomic mass is 10.0. The van der Waals surface area contributed by atoms with Gasteiger partial charge in [-0.05, 0) is 18.6 Å². The summed E-state index contributed by atoms with van der Waals surface area (Å²) in [5.74, 6) is -1.88. The number of hydrogen-bond acceptors (Lipinski definition) is 2. The summed E-state index contributed by atoms with van der Waals surface area (Å²) in [5.41, 5.74) is 1.24. The van der Waals surface area contributed by atoms with Crippen LogP contribution in [0.4, 0.5) is 4.39 Å². The SMILES string of the molecule is CCC(C(=O)O)c1cc2cc(F)cnc2n1C. The summed E-state index contributed by atoms with van der Waals surface area (Å²) in [6.07, 6.45) is 1.62. The molecule has 5 heteroatoms. The molecule has 2 heterocycles. The molecule has 2 aromatic rings. The summed E-state index contributed by atoms with van der Waals surface area (Å²) < 4.78 is 14.7. The van der Waals surface area contributed by atoms with Crippen molar-refractivity contribution in [2.24, 2.45) is 7.05 Å². The van der Waals surface area contributed by atoms with Gasteiger partial charge < -0.3 is 9.67 Å². The molecule has 2 rings (SSSR count). The van der Waals surface area contributed by atoms with E-state index in [-0.39, 0.29) is 0 Å². The van der Waals surface area contributed by atoms with E-state index in [0.717, 1.165) is 6.20 Å². The minimum absolute atomic E-state index is 0.418. The van der Waals surface area contributed by atoms with Crippen molar-refractivity contribution in [2.45, 2.75) is 19.3 Å². The van der Waals surface area contributed by atoms with Crippen molar-refractivity contribution in [2.75, 3.05) is 0 Å². The van der Waals surface area contributed by atoms with E-state index < -0.39 is 17.7 Å². The van der Waals surface area contributed by atoms with Gasteiger partial charge in [0.25, 0.3) is 0 Å². The Labute approximate surface area is 97.7 Å². The van der Waals surface area contributed by atoms with E-state index >= 15 is 0 Å². The zero-order valence-corrected chi connectivity index (χ0v) is 9.64. The van der Waals surface area contributed by atoms with Crippen LogP contribution >= 0.6 is 0 Å². The molecule has 0 aliphatic rings. The topological polar surface area (TPSA) is 55.1 Å². The summed E-state index contributed by atoms with van der Waals surface area (Å²) in [6.45, 7) is 1.81. The Bertz CT molecular complexity index is 577. The van der Waals surface area contributed by atoms with E-state index in [2.05, 4.69) is 4.98 Å². The number of carboxylic acid groups (broad SMARTS) is 1. The van der Waals surface area contributed by atoms with Crippen LogP contribution in [0.15, 0.2) is 18.3 Å². The average molecular weight is 236 g/mol. The maximum Gasteiger partial charge on any atom is 0.312 e. The number of pyridine rings is 1. The van der Waals surface area contributed by atoms with E-state index in [1.54, 1.807) is 17.7 Å². The highest BCUT2D eigenvalue weighted by Crippen LogP contribution is 2.26. The quantitative estimate of drug-likeness (QED) is 0.889. The lowest BCUT2D eigenvalue weighted by Gasteiger charge is -2.10. The van der Waals surface area contributed by atoms with Crippen LogP contribution in [0.3, 0.4) is 0 Å². The molecule has 0 aliphatic heterocycles. The Hall–Kier alpha value is -1.91. The number of carbonyl (C=O) groups is 1. The van der Waals surface area contributed by atoms with E-state index in [1.165, 1.54) is 6.07 Å². The number of fused-ring (bicyclic) bond motifs is 1. The van der Waals surface area contributed by atoms with Crippen LogP contribution in [0.1, 0.15) is 25.0 Å². The number of aromatic nitrogens is 2. The molecular weight excluding hydrogens is 223 g/mol. The molecule has 0 saturated heterocycles. The molecule has 17 heavy (non-hydrogen) atoms. The van der Waals surface area contributed by atoms with Crippen molar-refractivity contribution in [3.63, 3.8) is 0 Å². The van der Waals surface area contributed by atoms with Gasteiger partial charge in [-0.1, -0.05) is 6.92 Å². The maximum absolute atomic E-state index is 13.0. The predicted octanol–water partition coefficient (Wildman–Crippen LogP) is 2.29. The van der Waals surface area contributed by atoms with E-state index in [9.17, 15) is 9.18 Å². The van der Waals surface area contributed by atoms with Gasteiger partial charge >= 0.3 is 5.97 Å². The first-order valence-corrected chi connectivity index (χ1v) is 5.38. The van der Waals surface area contributed by atoms with Gasteiger partial charge in [-0.25, -0.2) is 9.37 Å². The third kappa shape index (κ3) is 1.88. The Morgan fingerprint density at radius 3 is 2.88 bits per heavy atom. The number of rotatable bonds is 3. The van der Waals surface area contributed by atoms with Crippen LogP contribution in [0.2, 0.25) is 0 Å². The molecule has 0 radical (unpaired) electrons. The number of nitrogens with zero attached hydrogens (tertiary/aromatic N) is 2. The van der Waals surface area contributed by atoms with Crippen molar-refractivity contribution in [1.29, 1.82) is 0 Å². The maximum atomic E-state index is 13.0. The molecule has 1 N–H and O–H groups in total. The van der Waals surface area contributed by atoms with Gasteiger partial charge in [0, 0.05) is 18.1 Å². The predicted molar refractivity (Wildman–Crippen MR) is 61.3 cm³/mol. The zero-order chi connectivity index (χ0) is 12.6. The highest BCUT2D eigenvalue weighted by atomic mass is 19.1. The molecule has 0 bridgehead atoms. The minimum atomic E-state index is -0.876. The normalized spacial score (nSPS) is 12.9. The average Bonchev–Trinajstić information content (AvgIpc) is 2.56. The Morgan fingerprint density at radius 1 is 1.59 bits per heavy atom. The fourth-order valence-electron chi connectivity index (χ4n) is 2.06. The lowest BCUT2D eigenvalue weighted by molar-refractivity contribution is -0.139. The number of aliphatic carboxylic acids is 1. The van der Waals surface area contributed by atoms with Crippen molar-refractivity contribution >= 4 is 17.0 Å². The first-order valence-electron chi connectivity index (χ1n) is 5.38.